The van der Waals surface area contributed by atoms with Gasteiger partial charge in [0.1, 0.15) is 6.61 Å². The molecule has 0 atom stereocenters. The largest absolute Gasteiger partial charge is 0.417 e. The Kier molecular flexibility index (Phi) is 5.22. The van der Waals surface area contributed by atoms with Gasteiger partial charge >= 0.3 is 12.2 Å². The lowest BCUT2D eigenvalue weighted by Crippen LogP contribution is -2.78. The van der Waals surface area contributed by atoms with Crippen molar-refractivity contribution in [2.24, 2.45) is 11.3 Å². The lowest BCUT2D eigenvalue weighted by Gasteiger charge is -2.61. The van der Waals surface area contributed by atoms with Crippen LogP contribution in [0, 0.1) is 11.3 Å². The van der Waals surface area contributed by atoms with E-state index in [9.17, 15) is 31.2 Å². The van der Waals surface area contributed by atoms with Crippen molar-refractivity contribution in [1.82, 2.24) is 15.1 Å². The minimum Gasteiger partial charge on any atom is -0.369 e. The first-order valence-electron chi connectivity index (χ1n) is 11.1. The molecule has 12 heteroatoms. The first-order valence-corrected chi connectivity index (χ1v) is 13.0. The highest BCUT2D eigenvalue weighted by molar-refractivity contribution is 7.90. The van der Waals surface area contributed by atoms with E-state index < -0.39 is 32.0 Å². The molecule has 34 heavy (non-hydrogen) atoms. The number of morpholine rings is 1. The molecule has 0 unspecified atom stereocenters. The fourth-order valence-electron chi connectivity index (χ4n) is 5.95. The normalized spacial score (nSPS) is 23.8. The van der Waals surface area contributed by atoms with Crippen LogP contribution in [0.2, 0.25) is 0 Å². The fourth-order valence-corrected chi connectivity index (χ4v) is 6.83. The summed E-state index contributed by atoms with van der Waals surface area (Å²) in [5.74, 6) is 0.0272. The standard InChI is InChI=1S/C22H26F3N3O5S/c1-34(31,32)17-3-2-14(5-16(17)22(23,24)25)4-15-6-20(7-15)9-27(10-20)19(30)28-11-21(12-28)13-33-8-18(29)26-21/h2-3,5,15H,4,6-13H2,1H3,(H,26,29). The zero-order valence-corrected chi connectivity index (χ0v) is 19.5. The van der Waals surface area contributed by atoms with Crippen molar-refractivity contribution in [3.63, 3.8) is 0 Å². The molecular formula is C22H26F3N3O5S. The van der Waals surface area contributed by atoms with Gasteiger partial charge in [0.25, 0.3) is 0 Å². The third-order valence-electron chi connectivity index (χ3n) is 7.31. The molecule has 0 radical (unpaired) electrons. The molecule has 186 valence electrons. The minimum atomic E-state index is -4.74. The second kappa shape index (κ2) is 7.58. The summed E-state index contributed by atoms with van der Waals surface area (Å²) in [6.45, 7) is 2.54. The molecule has 1 aromatic rings. The van der Waals surface area contributed by atoms with Gasteiger partial charge in [-0.2, -0.15) is 13.2 Å². The second-order valence-electron chi connectivity index (χ2n) is 10.4. The highest BCUT2D eigenvalue weighted by Crippen LogP contribution is 2.53. The third kappa shape index (κ3) is 4.15. The topological polar surface area (TPSA) is 96.0 Å². The monoisotopic (exact) mass is 501 g/mol. The van der Waals surface area contributed by atoms with Crippen molar-refractivity contribution in [2.75, 3.05) is 45.6 Å². The van der Waals surface area contributed by atoms with E-state index in [1.165, 1.54) is 6.07 Å². The molecule has 3 amide bonds. The number of hydrogen-bond donors (Lipinski definition) is 1. The van der Waals surface area contributed by atoms with E-state index in [-0.39, 0.29) is 29.9 Å². The average Bonchev–Trinajstić information content (AvgIpc) is 2.64. The number of benzene rings is 1. The predicted molar refractivity (Wildman–Crippen MR) is 114 cm³/mol. The maximum Gasteiger partial charge on any atom is 0.417 e. The van der Waals surface area contributed by atoms with Crippen LogP contribution in [0.4, 0.5) is 18.0 Å². The summed E-state index contributed by atoms with van der Waals surface area (Å²) < 4.78 is 68.9. The molecule has 1 aromatic carbocycles. The lowest BCUT2D eigenvalue weighted by atomic mass is 9.56. The number of alkyl halides is 3. The zero-order valence-electron chi connectivity index (χ0n) is 18.7. The van der Waals surface area contributed by atoms with Crippen LogP contribution in [0.1, 0.15) is 24.0 Å². The van der Waals surface area contributed by atoms with E-state index in [4.69, 9.17) is 4.74 Å². The molecule has 4 aliphatic rings. The molecule has 5 rings (SSSR count). The van der Waals surface area contributed by atoms with Crippen molar-refractivity contribution in [2.45, 2.75) is 35.9 Å². The molecular weight excluding hydrogens is 475 g/mol. The smallest absolute Gasteiger partial charge is 0.369 e. The van der Waals surface area contributed by atoms with Crippen molar-refractivity contribution in [1.29, 1.82) is 0 Å². The molecule has 3 heterocycles. The van der Waals surface area contributed by atoms with Crippen LogP contribution in [0.5, 0.6) is 0 Å². The number of amides is 3. The van der Waals surface area contributed by atoms with Gasteiger partial charge < -0.3 is 19.9 Å². The summed E-state index contributed by atoms with van der Waals surface area (Å²) in [4.78, 5) is 27.0. The summed E-state index contributed by atoms with van der Waals surface area (Å²) in [6, 6.07) is 3.39. The summed E-state index contributed by atoms with van der Waals surface area (Å²) in [5, 5.41) is 2.90. The maximum absolute atomic E-state index is 13.4. The number of likely N-dealkylation sites (tertiary alicyclic amines) is 2. The summed E-state index contributed by atoms with van der Waals surface area (Å²) in [6.07, 6.45) is -1.89. The van der Waals surface area contributed by atoms with Gasteiger partial charge in [-0.15, -0.1) is 0 Å². The molecule has 2 spiro atoms. The Labute approximate surface area is 195 Å². The Balaban J connectivity index is 1.13. The second-order valence-corrected chi connectivity index (χ2v) is 12.4. The van der Waals surface area contributed by atoms with E-state index >= 15 is 0 Å². The molecule has 8 nitrogen and oxygen atoms in total. The van der Waals surface area contributed by atoms with Crippen LogP contribution in [-0.2, 0) is 32.0 Å². The lowest BCUT2D eigenvalue weighted by molar-refractivity contribution is -0.143. The first kappa shape index (κ1) is 23.4. The Morgan fingerprint density at radius 3 is 2.41 bits per heavy atom. The van der Waals surface area contributed by atoms with Gasteiger partial charge in [0.2, 0.25) is 5.91 Å². The number of nitrogens with one attached hydrogen (secondary N) is 1. The quantitative estimate of drug-likeness (QED) is 0.680. The molecule has 1 N–H and O–H groups in total. The highest BCUT2D eigenvalue weighted by atomic mass is 32.2. The van der Waals surface area contributed by atoms with Gasteiger partial charge in [-0.05, 0) is 42.9 Å². The molecule has 3 aliphatic heterocycles. The van der Waals surface area contributed by atoms with Crippen LogP contribution in [-0.4, -0.2) is 81.3 Å². The molecule has 1 saturated carbocycles. The number of carbonyl (C=O) groups is 2. The van der Waals surface area contributed by atoms with E-state index in [1.807, 2.05) is 0 Å². The molecule has 0 bridgehead atoms. The number of carbonyl (C=O) groups excluding carboxylic acids is 2. The van der Waals surface area contributed by atoms with Gasteiger partial charge in [-0.1, -0.05) is 6.07 Å². The predicted octanol–water partition coefficient (Wildman–Crippen LogP) is 1.68. The number of sulfone groups is 1. The first-order chi connectivity index (χ1) is 15.8. The average molecular weight is 502 g/mol. The SMILES string of the molecule is CS(=O)(=O)c1ccc(CC2CC3(C2)CN(C(=O)N2CC4(COCC(=O)N4)C2)C3)cc1C(F)(F)F. The number of nitrogens with zero attached hydrogens (tertiary/aromatic N) is 2. The third-order valence-corrected chi connectivity index (χ3v) is 8.47. The van der Waals surface area contributed by atoms with Crippen LogP contribution < -0.4 is 5.32 Å². The molecule has 1 aliphatic carbocycles. The van der Waals surface area contributed by atoms with E-state index in [2.05, 4.69) is 5.32 Å². The number of hydrogen-bond acceptors (Lipinski definition) is 5. The summed E-state index contributed by atoms with van der Waals surface area (Å²) >= 11 is 0. The summed E-state index contributed by atoms with van der Waals surface area (Å²) in [5.41, 5.74) is -1.11. The van der Waals surface area contributed by atoms with Gasteiger partial charge in [-0.3, -0.25) is 4.79 Å². The highest BCUT2D eigenvalue weighted by Gasteiger charge is 2.56. The van der Waals surface area contributed by atoms with Crippen molar-refractivity contribution in [3.05, 3.63) is 29.3 Å². The fraction of sp³-hybridized carbons (Fsp3) is 0.636. The van der Waals surface area contributed by atoms with Crippen LogP contribution in [0.15, 0.2) is 23.1 Å². The minimum absolute atomic E-state index is 0.0185. The van der Waals surface area contributed by atoms with Crippen molar-refractivity contribution < 1.29 is 35.9 Å². The van der Waals surface area contributed by atoms with Gasteiger partial charge in [0.15, 0.2) is 9.84 Å². The number of urea groups is 1. The van der Waals surface area contributed by atoms with Gasteiger partial charge in [0.05, 0.1) is 22.6 Å². The number of ether oxygens (including phenoxy) is 1. The van der Waals surface area contributed by atoms with Gasteiger partial charge in [0, 0.05) is 37.8 Å². The Hall–Kier alpha value is -2.34. The van der Waals surface area contributed by atoms with Crippen LogP contribution >= 0.6 is 0 Å². The van der Waals surface area contributed by atoms with E-state index in [0.29, 0.717) is 44.8 Å². The van der Waals surface area contributed by atoms with E-state index in [0.717, 1.165) is 31.2 Å². The van der Waals surface area contributed by atoms with Crippen LogP contribution in [0.3, 0.4) is 0 Å². The Bertz CT molecular complexity index is 1130. The van der Waals surface area contributed by atoms with Crippen LogP contribution in [0.25, 0.3) is 0 Å². The molecule has 4 fully saturated rings. The summed E-state index contributed by atoms with van der Waals surface area (Å²) in [7, 11) is -3.99. The number of rotatable bonds is 3. The number of halogens is 3. The van der Waals surface area contributed by atoms with Crippen molar-refractivity contribution in [3.8, 4) is 0 Å². The Morgan fingerprint density at radius 1 is 1.18 bits per heavy atom. The maximum atomic E-state index is 13.4. The van der Waals surface area contributed by atoms with Gasteiger partial charge in [-0.25, -0.2) is 13.2 Å². The zero-order chi connectivity index (χ0) is 24.5. The molecule has 0 aromatic heterocycles. The van der Waals surface area contributed by atoms with Crippen molar-refractivity contribution >= 4 is 21.8 Å². The Morgan fingerprint density at radius 2 is 1.82 bits per heavy atom. The van der Waals surface area contributed by atoms with E-state index in [1.54, 1.807) is 9.80 Å². The molecule has 3 saturated heterocycles.